The van der Waals surface area contributed by atoms with Crippen molar-refractivity contribution in [1.29, 1.82) is 0 Å². The van der Waals surface area contributed by atoms with Crippen molar-refractivity contribution in [3.8, 4) is 0 Å². The molecule has 0 aromatic carbocycles. The van der Waals surface area contributed by atoms with Crippen LogP contribution in [0.15, 0.2) is 0 Å². The molecular weight excluding hydrogens is 274 g/mol. The van der Waals surface area contributed by atoms with Crippen LogP contribution >= 0.6 is 0 Å². The molecule has 2 heterocycles. The lowest BCUT2D eigenvalue weighted by Gasteiger charge is -2.26. The standard InChI is InChI=1S/C14H25N3O4/c18-13(11-21-12-1-4-15-5-2-12)16-6-3-14(19)17-7-9-20-10-8-17/h12,15H,1-11H2,(H,16,18). The fourth-order valence-corrected chi connectivity index (χ4v) is 2.49. The average Bonchev–Trinajstić information content (AvgIpc) is 2.54. The maximum atomic E-state index is 11.9. The van der Waals surface area contributed by atoms with Gasteiger partial charge in [0.15, 0.2) is 0 Å². The van der Waals surface area contributed by atoms with Crippen LogP contribution in [0.3, 0.4) is 0 Å². The first-order valence-electron chi connectivity index (χ1n) is 7.70. The van der Waals surface area contributed by atoms with Crippen LogP contribution in [0.2, 0.25) is 0 Å². The molecule has 0 aliphatic carbocycles. The summed E-state index contributed by atoms with van der Waals surface area (Å²) < 4.78 is 10.8. The summed E-state index contributed by atoms with van der Waals surface area (Å²) in [5.41, 5.74) is 0. The zero-order valence-corrected chi connectivity index (χ0v) is 12.4. The van der Waals surface area contributed by atoms with Crippen molar-refractivity contribution in [2.75, 3.05) is 52.5 Å². The van der Waals surface area contributed by atoms with Crippen molar-refractivity contribution in [1.82, 2.24) is 15.5 Å². The lowest BCUT2D eigenvalue weighted by Crippen LogP contribution is -2.42. The first-order chi connectivity index (χ1) is 10.3. The third-order valence-corrected chi connectivity index (χ3v) is 3.76. The van der Waals surface area contributed by atoms with E-state index in [2.05, 4.69) is 10.6 Å². The van der Waals surface area contributed by atoms with E-state index >= 15 is 0 Å². The van der Waals surface area contributed by atoms with Gasteiger partial charge >= 0.3 is 0 Å². The summed E-state index contributed by atoms with van der Waals surface area (Å²) in [7, 11) is 0. The zero-order chi connectivity index (χ0) is 14.9. The molecule has 21 heavy (non-hydrogen) atoms. The summed E-state index contributed by atoms with van der Waals surface area (Å²) in [6, 6.07) is 0. The van der Waals surface area contributed by atoms with E-state index in [0.29, 0.717) is 39.3 Å². The Hall–Kier alpha value is -1.18. The molecule has 0 spiro atoms. The second-order valence-electron chi connectivity index (χ2n) is 5.35. The maximum absolute atomic E-state index is 11.9. The van der Waals surface area contributed by atoms with Gasteiger partial charge in [-0.15, -0.1) is 0 Å². The average molecular weight is 299 g/mol. The van der Waals surface area contributed by atoms with E-state index in [-0.39, 0.29) is 24.5 Å². The number of amides is 2. The molecule has 0 saturated carbocycles. The second-order valence-corrected chi connectivity index (χ2v) is 5.35. The number of ether oxygens (including phenoxy) is 2. The fourth-order valence-electron chi connectivity index (χ4n) is 2.49. The smallest absolute Gasteiger partial charge is 0.246 e. The third kappa shape index (κ3) is 5.99. The van der Waals surface area contributed by atoms with Gasteiger partial charge in [-0.25, -0.2) is 0 Å². The number of hydrogen-bond donors (Lipinski definition) is 2. The molecule has 2 saturated heterocycles. The highest BCUT2D eigenvalue weighted by atomic mass is 16.5. The van der Waals surface area contributed by atoms with Crippen LogP contribution in [0.25, 0.3) is 0 Å². The molecule has 0 unspecified atom stereocenters. The lowest BCUT2D eigenvalue weighted by molar-refractivity contribution is -0.135. The van der Waals surface area contributed by atoms with Crippen LogP contribution in [-0.2, 0) is 19.1 Å². The number of nitrogens with zero attached hydrogens (tertiary/aromatic N) is 1. The Morgan fingerprint density at radius 2 is 1.95 bits per heavy atom. The van der Waals surface area contributed by atoms with E-state index in [1.165, 1.54) is 0 Å². The summed E-state index contributed by atoms with van der Waals surface area (Å²) in [6.45, 7) is 4.82. The largest absolute Gasteiger partial charge is 0.378 e. The van der Waals surface area contributed by atoms with E-state index in [9.17, 15) is 9.59 Å². The lowest BCUT2D eigenvalue weighted by atomic mass is 10.1. The van der Waals surface area contributed by atoms with E-state index in [4.69, 9.17) is 9.47 Å². The van der Waals surface area contributed by atoms with Gasteiger partial charge in [0.2, 0.25) is 11.8 Å². The second kappa shape index (κ2) is 8.96. The normalized spacial score (nSPS) is 20.3. The molecule has 7 nitrogen and oxygen atoms in total. The van der Waals surface area contributed by atoms with E-state index in [1.54, 1.807) is 4.90 Å². The molecule has 2 fully saturated rings. The Bertz CT molecular complexity index is 339. The number of nitrogens with one attached hydrogen (secondary N) is 2. The molecule has 7 heteroatoms. The molecule has 0 radical (unpaired) electrons. The van der Waals surface area contributed by atoms with Crippen LogP contribution in [0, 0.1) is 0 Å². The summed E-state index contributed by atoms with van der Waals surface area (Å²) >= 11 is 0. The molecule has 0 aromatic rings. The van der Waals surface area contributed by atoms with Crippen molar-refractivity contribution < 1.29 is 19.1 Å². The Morgan fingerprint density at radius 3 is 2.67 bits per heavy atom. The Balaban J connectivity index is 1.52. The number of carbonyl (C=O) groups excluding carboxylic acids is 2. The SMILES string of the molecule is O=C(COC1CCNCC1)NCCC(=O)N1CCOCC1. The first kappa shape index (κ1) is 16.2. The first-order valence-corrected chi connectivity index (χ1v) is 7.70. The summed E-state index contributed by atoms with van der Waals surface area (Å²) in [6.07, 6.45) is 2.40. The number of piperidine rings is 1. The van der Waals surface area contributed by atoms with Gasteiger partial charge in [0.1, 0.15) is 6.61 Å². The monoisotopic (exact) mass is 299 g/mol. The number of rotatable bonds is 6. The minimum Gasteiger partial charge on any atom is -0.378 e. The highest BCUT2D eigenvalue weighted by Gasteiger charge is 2.17. The summed E-state index contributed by atoms with van der Waals surface area (Å²) in [5, 5.41) is 5.98. The molecule has 2 rings (SSSR count). The van der Waals surface area contributed by atoms with Gasteiger partial charge in [0.05, 0.1) is 19.3 Å². The van der Waals surface area contributed by atoms with Gasteiger partial charge in [-0.2, -0.15) is 0 Å². The molecule has 2 aliphatic rings. The molecule has 2 amide bonds. The number of hydrogen-bond acceptors (Lipinski definition) is 5. The molecular formula is C14H25N3O4. The molecule has 2 aliphatic heterocycles. The number of morpholine rings is 1. The van der Waals surface area contributed by atoms with Crippen LogP contribution in [0.4, 0.5) is 0 Å². The van der Waals surface area contributed by atoms with Gasteiger partial charge in [-0.3, -0.25) is 9.59 Å². The fraction of sp³-hybridized carbons (Fsp3) is 0.857. The quantitative estimate of drug-likeness (QED) is 0.666. The van der Waals surface area contributed by atoms with Crippen LogP contribution in [-0.4, -0.2) is 75.4 Å². The molecule has 0 bridgehead atoms. The third-order valence-electron chi connectivity index (χ3n) is 3.76. The van der Waals surface area contributed by atoms with Crippen LogP contribution in [0.1, 0.15) is 19.3 Å². The Morgan fingerprint density at radius 1 is 1.24 bits per heavy atom. The highest BCUT2D eigenvalue weighted by molar-refractivity contribution is 5.79. The number of carbonyl (C=O) groups is 2. The Labute approximate surface area is 125 Å². The molecule has 0 aromatic heterocycles. The van der Waals surface area contributed by atoms with Crippen molar-refractivity contribution in [3.63, 3.8) is 0 Å². The van der Waals surface area contributed by atoms with E-state index < -0.39 is 0 Å². The molecule has 0 atom stereocenters. The van der Waals surface area contributed by atoms with Gasteiger partial charge in [0, 0.05) is 26.1 Å². The van der Waals surface area contributed by atoms with Gasteiger partial charge in [0.25, 0.3) is 0 Å². The predicted octanol–water partition coefficient (Wildman–Crippen LogP) is -0.880. The zero-order valence-electron chi connectivity index (χ0n) is 12.4. The van der Waals surface area contributed by atoms with E-state index in [0.717, 1.165) is 25.9 Å². The van der Waals surface area contributed by atoms with E-state index in [1.807, 2.05) is 0 Å². The van der Waals surface area contributed by atoms with Crippen molar-refractivity contribution in [2.45, 2.75) is 25.4 Å². The minimum atomic E-state index is -0.150. The van der Waals surface area contributed by atoms with Gasteiger partial charge in [-0.05, 0) is 25.9 Å². The predicted molar refractivity (Wildman–Crippen MR) is 76.9 cm³/mol. The van der Waals surface area contributed by atoms with Crippen LogP contribution < -0.4 is 10.6 Å². The van der Waals surface area contributed by atoms with Gasteiger partial charge < -0.3 is 25.0 Å². The minimum absolute atomic E-state index is 0.0675. The van der Waals surface area contributed by atoms with Crippen LogP contribution in [0.5, 0.6) is 0 Å². The molecule has 2 N–H and O–H groups in total. The Kier molecular flexibility index (Phi) is 6.91. The van der Waals surface area contributed by atoms with Crippen molar-refractivity contribution in [3.05, 3.63) is 0 Å². The van der Waals surface area contributed by atoms with Gasteiger partial charge in [-0.1, -0.05) is 0 Å². The molecule has 120 valence electrons. The highest BCUT2D eigenvalue weighted by Crippen LogP contribution is 2.06. The van der Waals surface area contributed by atoms with Crippen molar-refractivity contribution >= 4 is 11.8 Å². The summed E-state index contributed by atoms with van der Waals surface area (Å²) in [4.78, 5) is 25.3. The summed E-state index contributed by atoms with van der Waals surface area (Å²) in [5.74, 6) is -0.0822. The van der Waals surface area contributed by atoms with Crippen molar-refractivity contribution in [2.24, 2.45) is 0 Å². The maximum Gasteiger partial charge on any atom is 0.246 e. The topological polar surface area (TPSA) is 79.9 Å².